The van der Waals surface area contributed by atoms with Crippen molar-refractivity contribution in [3.05, 3.63) is 66.7 Å². The van der Waals surface area contributed by atoms with Crippen molar-refractivity contribution >= 4 is 55.3 Å². The van der Waals surface area contributed by atoms with E-state index in [2.05, 4.69) is 41.0 Å². The van der Waals surface area contributed by atoms with E-state index in [1.807, 2.05) is 57.2 Å². The smallest absolute Gasteiger partial charge is 0.319 e. The molecule has 0 aliphatic heterocycles. The third kappa shape index (κ3) is 3.18. The van der Waals surface area contributed by atoms with Crippen molar-refractivity contribution in [2.75, 3.05) is 5.32 Å². The summed E-state index contributed by atoms with van der Waals surface area (Å²) in [6.07, 6.45) is 0. The van der Waals surface area contributed by atoms with Crippen molar-refractivity contribution in [1.82, 2.24) is 15.3 Å². The lowest BCUT2D eigenvalue weighted by atomic mass is 9.99. The Hall–Kier alpha value is -3.73. The van der Waals surface area contributed by atoms with Gasteiger partial charge >= 0.3 is 6.03 Å². The van der Waals surface area contributed by atoms with Gasteiger partial charge in [-0.2, -0.15) is 0 Å². The zero-order valence-electron chi connectivity index (χ0n) is 17.2. The second-order valence-electron chi connectivity index (χ2n) is 8.54. The predicted octanol–water partition coefficient (Wildman–Crippen LogP) is 6.01. The highest BCUT2D eigenvalue weighted by Gasteiger charge is 2.15. The second kappa shape index (κ2) is 6.66. The molecule has 4 aromatic carbocycles. The molecule has 30 heavy (non-hydrogen) atoms. The molecular formula is C25H22N4O. The maximum atomic E-state index is 12.2. The van der Waals surface area contributed by atoms with E-state index < -0.39 is 0 Å². The van der Waals surface area contributed by atoms with E-state index in [1.54, 1.807) is 0 Å². The summed E-state index contributed by atoms with van der Waals surface area (Å²) in [5, 5.41) is 10.3. The van der Waals surface area contributed by atoms with Crippen LogP contribution in [-0.4, -0.2) is 21.5 Å². The van der Waals surface area contributed by atoms with E-state index in [0.717, 1.165) is 38.2 Å². The van der Waals surface area contributed by atoms with Crippen molar-refractivity contribution in [2.45, 2.75) is 26.3 Å². The number of carbonyl (C=O) groups excluding carboxylic acids is 1. The maximum Gasteiger partial charge on any atom is 0.319 e. The number of benzene rings is 4. The predicted molar refractivity (Wildman–Crippen MR) is 124 cm³/mol. The van der Waals surface area contributed by atoms with Crippen LogP contribution in [0.1, 0.15) is 20.8 Å². The number of carbonyl (C=O) groups is 1. The van der Waals surface area contributed by atoms with Gasteiger partial charge in [0, 0.05) is 22.0 Å². The summed E-state index contributed by atoms with van der Waals surface area (Å²) in [6, 6.07) is 22.0. The van der Waals surface area contributed by atoms with Gasteiger partial charge in [-0.15, -0.1) is 0 Å². The number of urea groups is 1. The van der Waals surface area contributed by atoms with Crippen LogP contribution in [0.4, 0.5) is 10.5 Å². The van der Waals surface area contributed by atoms with Crippen molar-refractivity contribution in [1.29, 1.82) is 0 Å². The van der Waals surface area contributed by atoms with Crippen molar-refractivity contribution in [3.8, 4) is 0 Å². The minimum atomic E-state index is -0.309. The molecule has 0 aliphatic carbocycles. The molecule has 1 heterocycles. The Morgan fingerprint density at radius 2 is 1.27 bits per heavy atom. The second-order valence-corrected chi connectivity index (χ2v) is 8.54. The van der Waals surface area contributed by atoms with Crippen LogP contribution in [0.15, 0.2) is 66.7 Å². The number of hydrogen-bond acceptors (Lipinski definition) is 3. The maximum absolute atomic E-state index is 12.2. The number of rotatable bonds is 1. The first-order chi connectivity index (χ1) is 14.4. The monoisotopic (exact) mass is 394 g/mol. The van der Waals surface area contributed by atoms with Crippen LogP contribution in [-0.2, 0) is 0 Å². The van der Waals surface area contributed by atoms with Gasteiger partial charge in [0.2, 0.25) is 0 Å². The Balaban J connectivity index is 1.71. The average Bonchev–Trinajstić information content (AvgIpc) is 2.71. The molecule has 0 bridgehead atoms. The van der Waals surface area contributed by atoms with Crippen molar-refractivity contribution < 1.29 is 4.79 Å². The summed E-state index contributed by atoms with van der Waals surface area (Å²) in [4.78, 5) is 22.1. The molecule has 2 amide bonds. The number of fused-ring (bicyclic) bond motifs is 7. The summed E-state index contributed by atoms with van der Waals surface area (Å²) in [5.74, 6) is 0. The third-order valence-electron chi connectivity index (χ3n) is 5.07. The molecule has 0 spiro atoms. The number of nitrogens with one attached hydrogen (secondary N) is 2. The van der Waals surface area contributed by atoms with E-state index in [-0.39, 0.29) is 11.6 Å². The van der Waals surface area contributed by atoms with Crippen LogP contribution < -0.4 is 10.6 Å². The van der Waals surface area contributed by atoms with E-state index in [1.165, 1.54) is 5.39 Å². The molecular weight excluding hydrogens is 372 g/mol. The Kier molecular flexibility index (Phi) is 4.07. The molecule has 0 unspecified atom stereocenters. The number of nitrogens with zero attached hydrogens (tertiary/aromatic N) is 2. The quantitative estimate of drug-likeness (QED) is 0.270. The average molecular weight is 394 g/mol. The molecule has 0 fully saturated rings. The van der Waals surface area contributed by atoms with E-state index in [9.17, 15) is 4.79 Å². The molecule has 0 saturated heterocycles. The molecule has 0 radical (unpaired) electrons. The summed E-state index contributed by atoms with van der Waals surface area (Å²) in [5.41, 5.74) is 3.68. The Morgan fingerprint density at radius 3 is 1.83 bits per heavy atom. The first-order valence-electron chi connectivity index (χ1n) is 9.99. The zero-order chi connectivity index (χ0) is 20.9. The molecule has 5 nitrogen and oxygen atoms in total. The van der Waals surface area contributed by atoms with Gasteiger partial charge in [0.25, 0.3) is 0 Å². The fourth-order valence-electron chi connectivity index (χ4n) is 3.86. The Morgan fingerprint density at radius 1 is 0.733 bits per heavy atom. The fraction of sp³-hybridized carbons (Fsp3) is 0.160. The lowest BCUT2D eigenvalue weighted by Gasteiger charge is -2.20. The lowest BCUT2D eigenvalue weighted by Crippen LogP contribution is -2.43. The summed E-state index contributed by atoms with van der Waals surface area (Å²) < 4.78 is 0. The van der Waals surface area contributed by atoms with Crippen LogP contribution in [0.3, 0.4) is 0 Å². The van der Waals surface area contributed by atoms with Crippen LogP contribution >= 0.6 is 0 Å². The number of hydrogen-bond donors (Lipinski definition) is 2. The number of anilines is 1. The first-order valence-corrected chi connectivity index (χ1v) is 9.99. The molecule has 1 aromatic heterocycles. The third-order valence-corrected chi connectivity index (χ3v) is 5.07. The standard InChI is InChI=1S/C25H22N4O/c1-25(2,3)29-24(30)26-15-12-13-20-21(14-15)28-23-19-11-7-5-9-17(19)16-8-4-6-10-18(16)22(23)27-20/h4-14H,1-3H3,(H2,26,29,30). The highest BCUT2D eigenvalue weighted by Crippen LogP contribution is 2.34. The Bertz CT molecular complexity index is 1450. The van der Waals surface area contributed by atoms with Crippen molar-refractivity contribution in [3.63, 3.8) is 0 Å². The van der Waals surface area contributed by atoms with Crippen molar-refractivity contribution in [2.24, 2.45) is 0 Å². The normalized spacial score (nSPS) is 12.0. The molecule has 5 heteroatoms. The van der Waals surface area contributed by atoms with Gasteiger partial charge in [-0.25, -0.2) is 14.8 Å². The minimum Gasteiger partial charge on any atom is -0.333 e. The molecule has 0 atom stereocenters. The van der Waals surface area contributed by atoms with E-state index >= 15 is 0 Å². The fourth-order valence-corrected chi connectivity index (χ4v) is 3.86. The largest absolute Gasteiger partial charge is 0.333 e. The first kappa shape index (κ1) is 18.3. The van der Waals surface area contributed by atoms with Crippen LogP contribution in [0.25, 0.3) is 43.6 Å². The molecule has 0 aliphatic rings. The summed E-state index contributed by atoms with van der Waals surface area (Å²) >= 11 is 0. The van der Waals surface area contributed by atoms with Gasteiger partial charge in [-0.3, -0.25) is 0 Å². The molecule has 2 N–H and O–H groups in total. The van der Waals surface area contributed by atoms with Gasteiger partial charge < -0.3 is 10.6 Å². The van der Waals surface area contributed by atoms with Gasteiger partial charge in [-0.1, -0.05) is 48.5 Å². The molecule has 5 rings (SSSR count). The van der Waals surface area contributed by atoms with Gasteiger partial charge in [0.1, 0.15) is 0 Å². The van der Waals surface area contributed by atoms with Gasteiger partial charge in [0.05, 0.1) is 22.1 Å². The molecule has 5 aromatic rings. The van der Waals surface area contributed by atoms with Crippen LogP contribution in [0.2, 0.25) is 0 Å². The minimum absolute atomic E-state index is 0.243. The molecule has 0 saturated carbocycles. The van der Waals surface area contributed by atoms with Crippen LogP contribution in [0.5, 0.6) is 0 Å². The van der Waals surface area contributed by atoms with E-state index in [4.69, 9.17) is 9.97 Å². The zero-order valence-corrected chi connectivity index (χ0v) is 17.2. The summed E-state index contributed by atoms with van der Waals surface area (Å²) in [6.45, 7) is 5.83. The Labute approximate surface area is 174 Å². The SMILES string of the molecule is CC(C)(C)NC(=O)Nc1ccc2nc3c4ccccc4c4ccccc4c3nc2c1. The summed E-state index contributed by atoms with van der Waals surface area (Å²) in [7, 11) is 0. The molecule has 148 valence electrons. The van der Waals surface area contributed by atoms with E-state index in [0.29, 0.717) is 5.69 Å². The highest BCUT2D eigenvalue weighted by molar-refractivity contribution is 6.23. The number of aromatic nitrogens is 2. The topological polar surface area (TPSA) is 66.9 Å². The van der Waals surface area contributed by atoms with Crippen LogP contribution in [0, 0.1) is 0 Å². The van der Waals surface area contributed by atoms with Gasteiger partial charge in [-0.05, 0) is 49.7 Å². The van der Waals surface area contributed by atoms with Gasteiger partial charge in [0.15, 0.2) is 0 Å². The highest BCUT2D eigenvalue weighted by atomic mass is 16.2. The number of amides is 2. The lowest BCUT2D eigenvalue weighted by molar-refractivity contribution is 0.244.